The van der Waals surface area contributed by atoms with Crippen molar-refractivity contribution in [2.45, 2.75) is 38.8 Å². The molecule has 0 radical (unpaired) electrons. The molecule has 0 aliphatic carbocycles. The second-order valence-corrected chi connectivity index (χ2v) is 3.69. The van der Waals surface area contributed by atoms with Crippen LogP contribution in [0.2, 0.25) is 0 Å². The molecule has 0 aromatic carbocycles. The van der Waals surface area contributed by atoms with E-state index < -0.39 is 0 Å². The molecule has 0 aromatic heterocycles. The second kappa shape index (κ2) is 4.07. The van der Waals surface area contributed by atoms with Crippen molar-refractivity contribution in [3.63, 3.8) is 0 Å². The molecule has 11 heavy (non-hydrogen) atoms. The standard InChI is InChI=1S/C9H20N2/c1-8(2)11-6-4-5-9(11)7-10-3/h8-10H,4-7H2,1-3H3. The van der Waals surface area contributed by atoms with Crippen LogP contribution in [0.5, 0.6) is 0 Å². The van der Waals surface area contributed by atoms with Crippen LogP contribution in [0, 0.1) is 0 Å². The Kier molecular flexibility index (Phi) is 3.34. The summed E-state index contributed by atoms with van der Waals surface area (Å²) in [6.45, 7) is 7.02. The zero-order chi connectivity index (χ0) is 8.27. The van der Waals surface area contributed by atoms with E-state index in [0.29, 0.717) is 0 Å². The first-order valence-corrected chi connectivity index (χ1v) is 4.66. The molecular weight excluding hydrogens is 136 g/mol. The molecule has 1 heterocycles. The minimum atomic E-state index is 0.718. The van der Waals surface area contributed by atoms with Crippen LogP contribution in [0.25, 0.3) is 0 Å². The maximum absolute atomic E-state index is 3.25. The summed E-state index contributed by atoms with van der Waals surface area (Å²) in [5.74, 6) is 0. The average molecular weight is 156 g/mol. The Hall–Kier alpha value is -0.0800. The van der Waals surface area contributed by atoms with Crippen molar-refractivity contribution in [1.29, 1.82) is 0 Å². The Morgan fingerprint density at radius 2 is 2.27 bits per heavy atom. The van der Waals surface area contributed by atoms with Crippen LogP contribution in [0.4, 0.5) is 0 Å². The number of likely N-dealkylation sites (N-methyl/N-ethyl adjacent to an activating group) is 1. The third kappa shape index (κ3) is 2.17. The van der Waals surface area contributed by atoms with Crippen LogP contribution in [0.1, 0.15) is 26.7 Å². The Balaban J connectivity index is 2.37. The first kappa shape index (κ1) is 9.01. The first-order chi connectivity index (χ1) is 5.25. The molecular formula is C9H20N2. The van der Waals surface area contributed by atoms with Crippen LogP contribution < -0.4 is 5.32 Å². The van der Waals surface area contributed by atoms with Gasteiger partial charge in [0.2, 0.25) is 0 Å². The number of hydrogen-bond acceptors (Lipinski definition) is 2. The van der Waals surface area contributed by atoms with Gasteiger partial charge in [0, 0.05) is 18.6 Å². The smallest absolute Gasteiger partial charge is 0.0223 e. The van der Waals surface area contributed by atoms with Crippen LogP contribution in [0.3, 0.4) is 0 Å². The highest BCUT2D eigenvalue weighted by molar-refractivity contribution is 4.82. The molecule has 0 aromatic rings. The van der Waals surface area contributed by atoms with Crippen molar-refractivity contribution in [2.24, 2.45) is 0 Å². The number of nitrogens with one attached hydrogen (secondary N) is 1. The summed E-state index contributed by atoms with van der Waals surface area (Å²) >= 11 is 0. The summed E-state index contributed by atoms with van der Waals surface area (Å²) in [4.78, 5) is 2.59. The molecule has 1 rings (SSSR count). The normalized spacial score (nSPS) is 26.7. The molecule has 1 aliphatic rings. The van der Waals surface area contributed by atoms with E-state index in [9.17, 15) is 0 Å². The quantitative estimate of drug-likeness (QED) is 0.658. The molecule has 0 amide bonds. The lowest BCUT2D eigenvalue weighted by Gasteiger charge is -2.27. The van der Waals surface area contributed by atoms with Gasteiger partial charge in [0.05, 0.1) is 0 Å². The van der Waals surface area contributed by atoms with E-state index in [1.54, 1.807) is 0 Å². The summed E-state index contributed by atoms with van der Waals surface area (Å²) in [5.41, 5.74) is 0. The van der Waals surface area contributed by atoms with Gasteiger partial charge in [0.1, 0.15) is 0 Å². The third-order valence-electron chi connectivity index (χ3n) is 2.53. The minimum absolute atomic E-state index is 0.718. The van der Waals surface area contributed by atoms with Gasteiger partial charge in [-0.05, 0) is 40.3 Å². The lowest BCUT2D eigenvalue weighted by Crippen LogP contribution is -2.40. The molecule has 1 atom stereocenters. The Morgan fingerprint density at radius 1 is 1.55 bits per heavy atom. The van der Waals surface area contributed by atoms with Crippen molar-refractivity contribution >= 4 is 0 Å². The molecule has 1 fully saturated rings. The van der Waals surface area contributed by atoms with Crippen LogP contribution >= 0.6 is 0 Å². The third-order valence-corrected chi connectivity index (χ3v) is 2.53. The maximum Gasteiger partial charge on any atom is 0.0223 e. The van der Waals surface area contributed by atoms with Gasteiger partial charge in [-0.3, -0.25) is 4.90 Å². The van der Waals surface area contributed by atoms with Gasteiger partial charge >= 0.3 is 0 Å². The molecule has 1 N–H and O–H groups in total. The number of hydrogen-bond donors (Lipinski definition) is 1. The topological polar surface area (TPSA) is 15.3 Å². The van der Waals surface area contributed by atoms with E-state index in [2.05, 4.69) is 24.1 Å². The van der Waals surface area contributed by atoms with Crippen molar-refractivity contribution in [1.82, 2.24) is 10.2 Å². The molecule has 1 saturated heterocycles. The fraction of sp³-hybridized carbons (Fsp3) is 1.00. The Morgan fingerprint density at radius 3 is 2.82 bits per heavy atom. The van der Waals surface area contributed by atoms with Crippen LogP contribution in [0.15, 0.2) is 0 Å². The van der Waals surface area contributed by atoms with Gasteiger partial charge in [-0.25, -0.2) is 0 Å². The van der Waals surface area contributed by atoms with Crippen LogP contribution in [-0.2, 0) is 0 Å². The van der Waals surface area contributed by atoms with E-state index in [-0.39, 0.29) is 0 Å². The van der Waals surface area contributed by atoms with Gasteiger partial charge in [-0.1, -0.05) is 0 Å². The van der Waals surface area contributed by atoms with Gasteiger partial charge in [0.25, 0.3) is 0 Å². The van der Waals surface area contributed by atoms with Crippen molar-refractivity contribution in [2.75, 3.05) is 20.1 Å². The number of nitrogens with zero attached hydrogens (tertiary/aromatic N) is 1. The molecule has 2 heteroatoms. The summed E-state index contributed by atoms with van der Waals surface area (Å²) < 4.78 is 0. The maximum atomic E-state index is 3.25. The lowest BCUT2D eigenvalue weighted by molar-refractivity contribution is 0.202. The van der Waals surface area contributed by atoms with E-state index in [0.717, 1.165) is 18.6 Å². The minimum Gasteiger partial charge on any atom is -0.318 e. The van der Waals surface area contributed by atoms with Crippen molar-refractivity contribution < 1.29 is 0 Å². The highest BCUT2D eigenvalue weighted by atomic mass is 15.2. The van der Waals surface area contributed by atoms with E-state index >= 15 is 0 Å². The second-order valence-electron chi connectivity index (χ2n) is 3.69. The van der Waals surface area contributed by atoms with Gasteiger partial charge in [0.15, 0.2) is 0 Å². The lowest BCUT2D eigenvalue weighted by atomic mass is 10.2. The van der Waals surface area contributed by atoms with E-state index in [1.165, 1.54) is 19.4 Å². The molecule has 0 bridgehead atoms. The Labute approximate surface area is 70.0 Å². The largest absolute Gasteiger partial charge is 0.318 e. The predicted molar refractivity (Wildman–Crippen MR) is 48.8 cm³/mol. The predicted octanol–water partition coefficient (Wildman–Crippen LogP) is 1.08. The molecule has 0 saturated carbocycles. The fourth-order valence-corrected chi connectivity index (χ4v) is 1.99. The summed E-state index contributed by atoms with van der Waals surface area (Å²) in [6, 6.07) is 1.51. The molecule has 1 unspecified atom stereocenters. The molecule has 0 spiro atoms. The zero-order valence-corrected chi connectivity index (χ0v) is 7.93. The number of rotatable bonds is 3. The molecule has 2 nitrogen and oxygen atoms in total. The summed E-state index contributed by atoms with van der Waals surface area (Å²) in [6.07, 6.45) is 2.75. The first-order valence-electron chi connectivity index (χ1n) is 4.66. The summed E-state index contributed by atoms with van der Waals surface area (Å²) in [7, 11) is 2.04. The average Bonchev–Trinajstić information content (AvgIpc) is 2.36. The SMILES string of the molecule is CNCC1CCCN1C(C)C. The summed E-state index contributed by atoms with van der Waals surface area (Å²) in [5, 5.41) is 3.25. The zero-order valence-electron chi connectivity index (χ0n) is 7.93. The molecule has 66 valence electrons. The van der Waals surface area contributed by atoms with Crippen LogP contribution in [-0.4, -0.2) is 37.1 Å². The van der Waals surface area contributed by atoms with Gasteiger partial charge in [-0.15, -0.1) is 0 Å². The number of likely N-dealkylation sites (tertiary alicyclic amines) is 1. The highest BCUT2D eigenvalue weighted by Gasteiger charge is 2.25. The van der Waals surface area contributed by atoms with Crippen molar-refractivity contribution in [3.8, 4) is 0 Å². The monoisotopic (exact) mass is 156 g/mol. The van der Waals surface area contributed by atoms with Gasteiger partial charge < -0.3 is 5.32 Å². The van der Waals surface area contributed by atoms with Gasteiger partial charge in [-0.2, -0.15) is 0 Å². The fourth-order valence-electron chi connectivity index (χ4n) is 1.99. The molecule has 1 aliphatic heterocycles. The van der Waals surface area contributed by atoms with Crippen molar-refractivity contribution in [3.05, 3.63) is 0 Å². The van der Waals surface area contributed by atoms with E-state index in [1.807, 2.05) is 7.05 Å². The highest BCUT2D eigenvalue weighted by Crippen LogP contribution is 2.18. The van der Waals surface area contributed by atoms with E-state index in [4.69, 9.17) is 0 Å². The Bertz CT molecular complexity index is 112.